The van der Waals surface area contributed by atoms with Crippen molar-refractivity contribution in [1.29, 1.82) is 0 Å². The van der Waals surface area contributed by atoms with E-state index in [1.54, 1.807) is 4.90 Å². The van der Waals surface area contributed by atoms with E-state index in [-0.39, 0.29) is 24.2 Å². The predicted octanol–water partition coefficient (Wildman–Crippen LogP) is 4.20. The van der Waals surface area contributed by atoms with Crippen molar-refractivity contribution in [3.8, 4) is 0 Å². The van der Waals surface area contributed by atoms with Crippen LogP contribution in [0.1, 0.15) is 6.42 Å². The number of amides is 2. The van der Waals surface area contributed by atoms with Gasteiger partial charge in [-0.25, -0.2) is 0 Å². The maximum absolute atomic E-state index is 12.4. The summed E-state index contributed by atoms with van der Waals surface area (Å²) in [7, 11) is 0. The van der Waals surface area contributed by atoms with Crippen LogP contribution in [0.2, 0.25) is 0 Å². The van der Waals surface area contributed by atoms with Gasteiger partial charge in [0.15, 0.2) is 0 Å². The highest BCUT2D eigenvalue weighted by atomic mass is 79.9. The molecule has 2 amide bonds. The first-order valence-electron chi connectivity index (χ1n) is 7.16. The van der Waals surface area contributed by atoms with Gasteiger partial charge in [-0.2, -0.15) is 0 Å². The van der Waals surface area contributed by atoms with Crippen molar-refractivity contribution in [2.24, 2.45) is 5.92 Å². The lowest BCUT2D eigenvalue weighted by atomic mass is 10.1. The van der Waals surface area contributed by atoms with Gasteiger partial charge in [0.1, 0.15) is 0 Å². The predicted molar refractivity (Wildman–Crippen MR) is 97.4 cm³/mol. The molecule has 0 radical (unpaired) electrons. The lowest BCUT2D eigenvalue weighted by molar-refractivity contribution is -0.122. The van der Waals surface area contributed by atoms with Crippen LogP contribution in [0.15, 0.2) is 57.5 Å². The van der Waals surface area contributed by atoms with Crippen LogP contribution in [0.3, 0.4) is 0 Å². The van der Waals surface area contributed by atoms with Crippen LogP contribution < -0.4 is 10.2 Å². The minimum atomic E-state index is -0.349. The summed E-state index contributed by atoms with van der Waals surface area (Å²) in [6.07, 6.45) is 0.229. The second-order valence-electron chi connectivity index (χ2n) is 5.35. The lowest BCUT2D eigenvalue weighted by Crippen LogP contribution is -2.28. The molecule has 0 saturated carbocycles. The first-order valence-corrected chi connectivity index (χ1v) is 8.74. The summed E-state index contributed by atoms with van der Waals surface area (Å²) in [6.45, 7) is 0.400. The summed E-state index contributed by atoms with van der Waals surface area (Å²) >= 11 is 6.78. The number of nitrogens with one attached hydrogen (secondary N) is 1. The normalized spacial score (nSPS) is 17.4. The number of benzene rings is 2. The molecule has 0 aliphatic carbocycles. The van der Waals surface area contributed by atoms with Gasteiger partial charge in [-0.05, 0) is 52.3 Å². The molecule has 1 aliphatic rings. The van der Waals surface area contributed by atoms with Crippen molar-refractivity contribution in [2.45, 2.75) is 6.42 Å². The quantitative estimate of drug-likeness (QED) is 0.782. The zero-order chi connectivity index (χ0) is 16.4. The van der Waals surface area contributed by atoms with Crippen molar-refractivity contribution in [3.05, 3.63) is 57.5 Å². The van der Waals surface area contributed by atoms with Gasteiger partial charge in [-0.15, -0.1) is 0 Å². The van der Waals surface area contributed by atoms with Crippen molar-refractivity contribution in [3.63, 3.8) is 0 Å². The van der Waals surface area contributed by atoms with Crippen molar-refractivity contribution in [2.75, 3.05) is 16.8 Å². The highest BCUT2D eigenvalue weighted by molar-refractivity contribution is 9.10. The summed E-state index contributed by atoms with van der Waals surface area (Å²) < 4.78 is 1.78. The molecule has 1 fully saturated rings. The van der Waals surface area contributed by atoms with Crippen molar-refractivity contribution < 1.29 is 9.59 Å². The summed E-state index contributed by atoms with van der Waals surface area (Å²) in [4.78, 5) is 26.3. The highest BCUT2D eigenvalue weighted by Gasteiger charge is 2.35. The van der Waals surface area contributed by atoms with Gasteiger partial charge in [0, 0.05) is 27.6 Å². The monoisotopic (exact) mass is 436 g/mol. The zero-order valence-electron chi connectivity index (χ0n) is 12.1. The third-order valence-corrected chi connectivity index (χ3v) is 4.99. The standard InChI is InChI=1S/C17H14Br2N2O2/c18-12-5-7-13(8-6-12)21-10-11(9-16(21)22)17(23)20-15-4-2-1-3-14(15)19/h1-8,11H,9-10H2,(H,20,23). The van der Waals surface area contributed by atoms with E-state index in [4.69, 9.17) is 0 Å². The van der Waals surface area contributed by atoms with Gasteiger partial charge >= 0.3 is 0 Å². The van der Waals surface area contributed by atoms with Gasteiger partial charge in [-0.1, -0.05) is 28.1 Å². The smallest absolute Gasteiger partial charge is 0.229 e. The van der Waals surface area contributed by atoms with Crippen LogP contribution in [-0.4, -0.2) is 18.4 Å². The molecule has 1 unspecified atom stereocenters. The van der Waals surface area contributed by atoms with Crippen molar-refractivity contribution >= 4 is 55.0 Å². The molecule has 1 saturated heterocycles. The van der Waals surface area contributed by atoms with Gasteiger partial charge in [0.05, 0.1) is 11.6 Å². The molecule has 3 rings (SSSR count). The average molecular weight is 438 g/mol. The molecule has 0 spiro atoms. The Bertz CT molecular complexity index is 747. The molecular formula is C17H14Br2N2O2. The van der Waals surface area contributed by atoms with E-state index in [2.05, 4.69) is 37.2 Å². The number of rotatable bonds is 3. The first kappa shape index (κ1) is 16.2. The van der Waals surface area contributed by atoms with Gasteiger partial charge in [0.2, 0.25) is 11.8 Å². The first-order chi connectivity index (χ1) is 11.0. The number of anilines is 2. The number of halogens is 2. The fourth-order valence-corrected chi connectivity index (χ4v) is 3.20. The van der Waals surface area contributed by atoms with E-state index in [0.29, 0.717) is 12.2 Å². The molecule has 6 heteroatoms. The molecule has 118 valence electrons. The number of hydrogen-bond acceptors (Lipinski definition) is 2. The minimum Gasteiger partial charge on any atom is -0.325 e. The molecular weight excluding hydrogens is 424 g/mol. The number of carbonyl (C=O) groups is 2. The number of para-hydroxylation sites is 1. The van der Waals surface area contributed by atoms with Crippen LogP contribution >= 0.6 is 31.9 Å². The molecule has 23 heavy (non-hydrogen) atoms. The van der Waals surface area contributed by atoms with Crippen LogP contribution in [0.4, 0.5) is 11.4 Å². The number of nitrogens with zero attached hydrogens (tertiary/aromatic N) is 1. The zero-order valence-corrected chi connectivity index (χ0v) is 15.3. The van der Waals surface area contributed by atoms with E-state index in [9.17, 15) is 9.59 Å². The Balaban J connectivity index is 1.71. The second kappa shape index (κ2) is 6.84. The third-order valence-electron chi connectivity index (χ3n) is 3.77. The molecule has 1 aliphatic heterocycles. The average Bonchev–Trinajstić information content (AvgIpc) is 2.92. The Hall–Kier alpha value is -1.66. The van der Waals surface area contributed by atoms with E-state index in [1.165, 1.54) is 0 Å². The third kappa shape index (κ3) is 3.64. The van der Waals surface area contributed by atoms with E-state index in [0.717, 1.165) is 14.6 Å². The Morgan fingerprint density at radius 1 is 1.09 bits per heavy atom. The van der Waals surface area contributed by atoms with E-state index >= 15 is 0 Å². The Labute approximate surface area is 151 Å². The molecule has 1 N–H and O–H groups in total. The Morgan fingerprint density at radius 2 is 1.78 bits per heavy atom. The molecule has 2 aromatic carbocycles. The SMILES string of the molecule is O=C(Nc1ccccc1Br)C1CC(=O)N(c2ccc(Br)cc2)C1. The maximum atomic E-state index is 12.4. The van der Waals surface area contributed by atoms with Crippen LogP contribution in [-0.2, 0) is 9.59 Å². The summed E-state index contributed by atoms with van der Waals surface area (Å²) in [5.41, 5.74) is 1.53. The van der Waals surface area contributed by atoms with Gasteiger partial charge < -0.3 is 10.2 Å². The largest absolute Gasteiger partial charge is 0.325 e. The van der Waals surface area contributed by atoms with E-state index < -0.39 is 0 Å². The molecule has 1 atom stereocenters. The topological polar surface area (TPSA) is 49.4 Å². The molecule has 4 nitrogen and oxygen atoms in total. The fraction of sp³-hybridized carbons (Fsp3) is 0.176. The van der Waals surface area contributed by atoms with Crippen LogP contribution in [0.5, 0.6) is 0 Å². The summed E-state index contributed by atoms with van der Waals surface area (Å²) in [5, 5.41) is 2.88. The highest BCUT2D eigenvalue weighted by Crippen LogP contribution is 2.28. The summed E-state index contributed by atoms with van der Waals surface area (Å²) in [5.74, 6) is -0.511. The molecule has 0 aromatic heterocycles. The van der Waals surface area contributed by atoms with E-state index in [1.807, 2.05) is 48.5 Å². The lowest BCUT2D eigenvalue weighted by Gasteiger charge is -2.17. The van der Waals surface area contributed by atoms with Crippen LogP contribution in [0, 0.1) is 5.92 Å². The van der Waals surface area contributed by atoms with Gasteiger partial charge in [0.25, 0.3) is 0 Å². The molecule has 1 heterocycles. The fourth-order valence-electron chi connectivity index (χ4n) is 2.55. The minimum absolute atomic E-state index is 0.0281. The van der Waals surface area contributed by atoms with Crippen molar-refractivity contribution in [1.82, 2.24) is 0 Å². The van der Waals surface area contributed by atoms with Gasteiger partial charge in [-0.3, -0.25) is 9.59 Å². The Morgan fingerprint density at radius 3 is 2.48 bits per heavy atom. The number of carbonyl (C=O) groups excluding carboxylic acids is 2. The molecule has 2 aromatic rings. The number of hydrogen-bond donors (Lipinski definition) is 1. The maximum Gasteiger partial charge on any atom is 0.229 e. The van der Waals surface area contributed by atoms with Crippen LogP contribution in [0.25, 0.3) is 0 Å². The molecule has 0 bridgehead atoms. The summed E-state index contributed by atoms with van der Waals surface area (Å²) in [6, 6.07) is 14.9. The second-order valence-corrected chi connectivity index (χ2v) is 7.12. The Kier molecular flexibility index (Phi) is 4.82.